The number of rotatable bonds is 20. The molecule has 15 heterocycles. The number of hydrogen-bond acceptors (Lipinski definition) is 6. The van der Waals surface area contributed by atoms with Gasteiger partial charge in [0.2, 0.25) is 0 Å². The Labute approximate surface area is 751 Å². The summed E-state index contributed by atoms with van der Waals surface area (Å²) in [6.07, 6.45) is 18.9. The van der Waals surface area contributed by atoms with Crippen LogP contribution in [0.2, 0.25) is 0 Å². The van der Waals surface area contributed by atoms with Crippen molar-refractivity contribution in [2.45, 2.75) is 295 Å². The van der Waals surface area contributed by atoms with Crippen molar-refractivity contribution in [3.8, 4) is 0 Å². The molecular formula is C104H124N12PdPt2. The van der Waals surface area contributed by atoms with Gasteiger partial charge in [-0.3, -0.25) is 0 Å². The second kappa shape index (κ2) is 40.2. The van der Waals surface area contributed by atoms with Crippen LogP contribution in [0, 0.1) is 13.8 Å². The van der Waals surface area contributed by atoms with E-state index in [-0.39, 0.29) is 62.6 Å². The van der Waals surface area contributed by atoms with Gasteiger partial charge in [-0.15, -0.1) is 66.2 Å². The maximum absolute atomic E-state index is 5.25. The molecule has 0 fully saturated rings. The van der Waals surface area contributed by atoms with Crippen LogP contribution in [0.4, 0.5) is 0 Å². The van der Waals surface area contributed by atoms with Crippen LogP contribution in [0.15, 0.2) is 72.8 Å². The second-order valence-corrected chi connectivity index (χ2v) is 31.5. The van der Waals surface area contributed by atoms with Gasteiger partial charge in [-0.05, 0) is 223 Å². The van der Waals surface area contributed by atoms with Crippen LogP contribution >= 0.6 is 0 Å². The summed E-state index contributed by atoms with van der Waals surface area (Å²) in [5, 5.41) is 0. The molecular weight excluding hydrogens is 1910 g/mol. The molecule has 0 N–H and O–H groups in total. The van der Waals surface area contributed by atoms with Crippen LogP contribution < -0.4 is 29.9 Å². The van der Waals surface area contributed by atoms with Gasteiger partial charge in [0.05, 0.1) is 68.3 Å². The Morgan fingerprint density at radius 1 is 0.168 bits per heavy atom. The van der Waals surface area contributed by atoms with Gasteiger partial charge >= 0.3 is 62.6 Å². The van der Waals surface area contributed by atoms with E-state index in [9.17, 15) is 0 Å². The molecule has 0 saturated carbocycles. The molecule has 0 unspecified atom stereocenters. The minimum Gasteiger partial charge on any atom is -0.657 e. The van der Waals surface area contributed by atoms with E-state index in [0.29, 0.717) is 0 Å². The van der Waals surface area contributed by atoms with Crippen molar-refractivity contribution >= 4 is 133 Å². The molecule has 0 aromatic carbocycles. The molecule has 6 aliphatic heterocycles. The van der Waals surface area contributed by atoms with Gasteiger partial charge in [-0.2, -0.15) is 0 Å². The molecule has 24 bridgehead atoms. The van der Waals surface area contributed by atoms with Crippen molar-refractivity contribution in [2.24, 2.45) is 0 Å². The van der Waals surface area contributed by atoms with Crippen LogP contribution in [0.3, 0.4) is 0 Å². The predicted molar refractivity (Wildman–Crippen MR) is 495 cm³/mol. The molecule has 119 heavy (non-hydrogen) atoms. The van der Waals surface area contributed by atoms with Crippen molar-refractivity contribution in [3.05, 3.63) is 208 Å². The summed E-state index contributed by atoms with van der Waals surface area (Å²) >= 11 is 0. The number of allylic oxidation sites excluding steroid dienone is 12. The minimum absolute atomic E-state index is 0. The first-order valence-corrected chi connectivity index (χ1v) is 44.5. The monoisotopic (exact) mass is 2040 g/mol. The van der Waals surface area contributed by atoms with Crippen molar-refractivity contribution in [1.29, 1.82) is 0 Å². The molecule has 0 aliphatic carbocycles. The van der Waals surface area contributed by atoms with E-state index in [1.165, 1.54) is 134 Å². The normalized spacial score (nSPS) is 13.3. The third kappa shape index (κ3) is 17.3. The number of fused-ring (bicyclic) bond motifs is 24. The summed E-state index contributed by atoms with van der Waals surface area (Å²) in [6.45, 7) is 53.4. The van der Waals surface area contributed by atoms with E-state index in [2.05, 4.69) is 239 Å². The summed E-state index contributed by atoms with van der Waals surface area (Å²) in [4.78, 5) is 62.5. The summed E-state index contributed by atoms with van der Waals surface area (Å²) in [7, 11) is 0. The molecule has 0 atom stereocenters. The standard InChI is InChI=1S/2C36H44N4.C32H36N4.Pd.2Pt/c2*1-9-21-22(10-2)30-18-32-25(13-5)26(14-6)34(39-32)20-36-28(16-8)27(15-7)35(40-36)19-33-24(12-4)23(11-3)31(38-33)17-29(21)37-30;1-9-21-17(5)25-14-30-23(11-3)19(7)27(35-30)16-32-24(12-4)20(8)28(36-32)15-31-22(10-2)18(6)26(34-31)13-29(21)33-25;;;/h2*17-20H,9-16H2,1-8H3;13-16H,9-12H2,1-8H3;;;/q3*-2;3*+2. The summed E-state index contributed by atoms with van der Waals surface area (Å²) in [6, 6.07) is 26.7. The van der Waals surface area contributed by atoms with Crippen LogP contribution in [0.1, 0.15) is 352 Å². The Morgan fingerprint density at radius 2 is 0.294 bits per heavy atom. The smallest absolute Gasteiger partial charge is 0.657 e. The Morgan fingerprint density at radius 3 is 0.454 bits per heavy atom. The average molecular weight is 2040 g/mol. The Hall–Kier alpha value is -8.16. The first-order chi connectivity index (χ1) is 56.2. The van der Waals surface area contributed by atoms with E-state index in [0.717, 1.165) is 263 Å². The number of nitrogens with zero attached hydrogens (tertiary/aromatic N) is 12. The van der Waals surface area contributed by atoms with Gasteiger partial charge in [-0.1, -0.05) is 278 Å². The molecule has 6 aliphatic rings. The Balaban J connectivity index is 0.000000186. The summed E-state index contributed by atoms with van der Waals surface area (Å²) in [5.41, 5.74) is 56.5. The molecule has 0 amide bonds. The molecule has 15 rings (SSSR count). The van der Waals surface area contributed by atoms with E-state index in [1.807, 2.05) is 0 Å². The largest absolute Gasteiger partial charge is 2.00 e. The first kappa shape index (κ1) is 93.1. The van der Waals surface area contributed by atoms with Gasteiger partial charge in [-0.25, -0.2) is 29.9 Å². The fourth-order valence-corrected chi connectivity index (χ4v) is 19.7. The fourth-order valence-electron chi connectivity index (χ4n) is 19.7. The van der Waals surface area contributed by atoms with Crippen LogP contribution in [-0.4, -0.2) is 29.9 Å². The van der Waals surface area contributed by atoms with E-state index >= 15 is 0 Å². The van der Waals surface area contributed by atoms with Gasteiger partial charge < -0.3 is 29.9 Å². The average Bonchev–Trinajstić information content (AvgIpc) is 1.62. The van der Waals surface area contributed by atoms with Gasteiger partial charge in [0.25, 0.3) is 0 Å². The number of aromatic nitrogens is 12. The molecule has 9 aromatic heterocycles. The predicted octanol–water partition coefficient (Wildman–Crippen LogP) is 26.6. The number of hydrogen-bond donors (Lipinski definition) is 0. The topological polar surface area (TPSA) is 162 Å². The molecule has 0 saturated heterocycles. The SMILES string of the molecule is CCC1=C(C)c2cc3[n-]c(cc4nc(cc5[n-]c(cc1n2)c(C)c5CC)C(C)=C4CC)c(C)c3CC.CCC1=C(CC)c2cc3[n-]c(cc4nc(cc5[n-]c(cc1n2)c(CC)c5CC)C(CC)=C4CC)c(CC)c3CC.CCC1=C(CC)c2cc3[n-]c(cc4nc(cc5[n-]c(cc1n2)c(CC)c5CC)C(CC)=C4CC)c(CC)c3CC.[Pd+2].[Pt+2].[Pt+2]. The Kier molecular flexibility index (Phi) is 31.5. The van der Waals surface area contributed by atoms with Gasteiger partial charge in [0.15, 0.2) is 0 Å². The number of aryl methyl sites for hydroxylation is 12. The third-order valence-electron chi connectivity index (χ3n) is 25.7. The fraction of sp³-hybridized carbons (Fsp3) is 0.423. The zero-order chi connectivity index (χ0) is 82.8. The second-order valence-electron chi connectivity index (χ2n) is 31.5. The molecule has 12 nitrogen and oxygen atoms in total. The van der Waals surface area contributed by atoms with Crippen molar-refractivity contribution < 1.29 is 62.6 Å². The quantitative estimate of drug-likeness (QED) is 0.0665. The maximum Gasteiger partial charge on any atom is 2.00 e. The van der Waals surface area contributed by atoms with Gasteiger partial charge in [0, 0.05) is 0 Å². The van der Waals surface area contributed by atoms with Gasteiger partial charge in [0.1, 0.15) is 0 Å². The molecule has 630 valence electrons. The third-order valence-corrected chi connectivity index (χ3v) is 25.7. The van der Waals surface area contributed by atoms with Crippen molar-refractivity contribution in [1.82, 2.24) is 59.8 Å². The first-order valence-electron chi connectivity index (χ1n) is 44.5. The molecule has 15 heteroatoms. The van der Waals surface area contributed by atoms with Crippen LogP contribution in [0.25, 0.3) is 133 Å². The van der Waals surface area contributed by atoms with Crippen LogP contribution in [0.5, 0.6) is 0 Å². The molecule has 0 radical (unpaired) electrons. The summed E-state index contributed by atoms with van der Waals surface area (Å²) < 4.78 is 0. The zero-order valence-corrected chi connectivity index (χ0v) is 81.5. The molecule has 0 spiro atoms. The van der Waals surface area contributed by atoms with Crippen molar-refractivity contribution in [3.63, 3.8) is 0 Å². The zero-order valence-electron chi connectivity index (χ0n) is 75.4. The maximum atomic E-state index is 5.25. The van der Waals surface area contributed by atoms with Crippen molar-refractivity contribution in [2.75, 3.05) is 0 Å². The molecule has 9 aromatic rings. The van der Waals surface area contributed by atoms with E-state index < -0.39 is 0 Å². The van der Waals surface area contributed by atoms with E-state index in [4.69, 9.17) is 59.8 Å². The summed E-state index contributed by atoms with van der Waals surface area (Å²) in [5.74, 6) is 0. The minimum atomic E-state index is 0. The van der Waals surface area contributed by atoms with E-state index in [1.54, 1.807) is 0 Å². The Bertz CT molecular complexity index is 5300. The van der Waals surface area contributed by atoms with Crippen LogP contribution in [-0.2, 0) is 127 Å².